The van der Waals surface area contributed by atoms with Crippen LogP contribution in [-0.4, -0.2) is 9.97 Å². The molecule has 33 heavy (non-hydrogen) atoms. The van der Waals surface area contributed by atoms with Crippen LogP contribution < -0.4 is 0 Å². The Hall–Kier alpha value is -3.46. The van der Waals surface area contributed by atoms with E-state index >= 15 is 0 Å². The monoisotopic (exact) mass is 434 g/mol. The number of hydrogen-bond donors (Lipinski definition) is 0. The van der Waals surface area contributed by atoms with E-state index in [1.54, 1.807) is 12.6 Å². The van der Waals surface area contributed by atoms with Gasteiger partial charge >= 0.3 is 0 Å². The summed E-state index contributed by atoms with van der Waals surface area (Å²) in [5.74, 6) is 0.588. The van der Waals surface area contributed by atoms with Crippen molar-refractivity contribution in [2.45, 2.75) is 46.5 Å². The van der Waals surface area contributed by atoms with Crippen LogP contribution in [0.1, 0.15) is 45.7 Å². The van der Waals surface area contributed by atoms with Crippen LogP contribution in [0.2, 0.25) is 0 Å². The quantitative estimate of drug-likeness (QED) is 0.286. The van der Waals surface area contributed by atoms with Gasteiger partial charge < -0.3 is 4.42 Å². The fraction of sp³-hybridized carbons (Fsp3) is 0.267. The number of fused-ring (bicyclic) bond motifs is 2. The fourth-order valence-corrected chi connectivity index (χ4v) is 4.68. The lowest BCUT2D eigenvalue weighted by molar-refractivity contribution is 0.596. The molecule has 0 N–H and O–H groups in total. The maximum Gasteiger partial charge on any atom is 0.143 e. The first-order chi connectivity index (χ1) is 15.8. The smallest absolute Gasteiger partial charge is 0.143 e. The van der Waals surface area contributed by atoms with Crippen molar-refractivity contribution in [2.24, 2.45) is 5.92 Å². The third-order valence-corrected chi connectivity index (χ3v) is 6.24. The molecule has 0 atom stereocenters. The summed E-state index contributed by atoms with van der Waals surface area (Å²) >= 11 is 0. The van der Waals surface area contributed by atoms with Crippen LogP contribution in [0, 0.1) is 5.92 Å². The second kappa shape index (κ2) is 8.15. The predicted octanol–water partition coefficient (Wildman–Crippen LogP) is 8.21. The van der Waals surface area contributed by atoms with Gasteiger partial charge in [-0.1, -0.05) is 65.0 Å². The van der Waals surface area contributed by atoms with Gasteiger partial charge in [0.2, 0.25) is 0 Å². The first-order valence-corrected chi connectivity index (χ1v) is 11.7. The van der Waals surface area contributed by atoms with Gasteiger partial charge in [0.15, 0.2) is 0 Å². The summed E-state index contributed by atoms with van der Waals surface area (Å²) in [6, 6.07) is 21.6. The molecule has 0 aliphatic carbocycles. The standard InChI is InChI=1S/C30H30N2O/c1-19(2)14-21-10-11-25(29-24(21)12-13-33-29)28-17-27(31-18-32-28)22-15-20-8-6-7-9-23(20)26(16-22)30(3,4)5/h6-13,15-19H,14H2,1-5H3. The van der Waals surface area contributed by atoms with Crippen molar-refractivity contribution in [3.05, 3.63) is 84.4 Å². The Morgan fingerprint density at radius 3 is 2.42 bits per heavy atom. The second-order valence-corrected chi connectivity index (χ2v) is 10.3. The minimum absolute atomic E-state index is 0.0258. The Bertz CT molecular complexity index is 1450. The first kappa shape index (κ1) is 21.4. The number of nitrogens with zero attached hydrogens (tertiary/aromatic N) is 2. The number of benzene rings is 3. The van der Waals surface area contributed by atoms with Crippen molar-refractivity contribution in [1.29, 1.82) is 0 Å². The van der Waals surface area contributed by atoms with Gasteiger partial charge in [0.1, 0.15) is 11.9 Å². The molecule has 5 rings (SSSR count). The normalized spacial score (nSPS) is 12.2. The van der Waals surface area contributed by atoms with E-state index in [0.29, 0.717) is 5.92 Å². The van der Waals surface area contributed by atoms with Crippen LogP contribution in [0.4, 0.5) is 0 Å². The Kier molecular flexibility index (Phi) is 5.28. The van der Waals surface area contributed by atoms with Gasteiger partial charge in [-0.3, -0.25) is 0 Å². The molecule has 0 bridgehead atoms. The molecule has 0 radical (unpaired) electrons. The van der Waals surface area contributed by atoms with E-state index in [-0.39, 0.29) is 5.41 Å². The number of hydrogen-bond acceptors (Lipinski definition) is 3. The van der Waals surface area contributed by atoms with Gasteiger partial charge in [0.05, 0.1) is 17.7 Å². The van der Waals surface area contributed by atoms with Crippen molar-refractivity contribution in [2.75, 3.05) is 0 Å². The second-order valence-electron chi connectivity index (χ2n) is 10.3. The molecule has 0 amide bonds. The highest BCUT2D eigenvalue weighted by molar-refractivity contribution is 5.95. The van der Waals surface area contributed by atoms with Gasteiger partial charge in [-0.2, -0.15) is 0 Å². The lowest BCUT2D eigenvalue weighted by Crippen LogP contribution is -2.12. The highest BCUT2D eigenvalue weighted by Gasteiger charge is 2.19. The lowest BCUT2D eigenvalue weighted by Gasteiger charge is -2.22. The van der Waals surface area contributed by atoms with Gasteiger partial charge in [-0.25, -0.2) is 9.97 Å². The lowest BCUT2D eigenvalue weighted by atomic mass is 9.82. The Balaban J connectivity index is 1.65. The molecule has 166 valence electrons. The summed E-state index contributed by atoms with van der Waals surface area (Å²) in [7, 11) is 0. The van der Waals surface area contributed by atoms with Crippen molar-refractivity contribution in [1.82, 2.24) is 9.97 Å². The molecule has 3 heteroatoms. The maximum absolute atomic E-state index is 5.93. The Morgan fingerprint density at radius 2 is 1.64 bits per heavy atom. The van der Waals surface area contributed by atoms with Gasteiger partial charge in [-0.05, 0) is 70.0 Å². The molecule has 0 fully saturated rings. The third kappa shape index (κ3) is 4.04. The molecular weight excluding hydrogens is 404 g/mol. The average Bonchev–Trinajstić information content (AvgIpc) is 3.28. The zero-order valence-corrected chi connectivity index (χ0v) is 20.0. The van der Waals surface area contributed by atoms with Crippen molar-refractivity contribution >= 4 is 21.7 Å². The molecule has 2 aromatic heterocycles. The first-order valence-electron chi connectivity index (χ1n) is 11.7. The summed E-state index contributed by atoms with van der Waals surface area (Å²) in [4.78, 5) is 9.27. The molecule has 0 aliphatic heterocycles. The van der Waals surface area contributed by atoms with Crippen molar-refractivity contribution < 1.29 is 4.42 Å². The van der Waals surface area contributed by atoms with Crippen LogP contribution in [0.25, 0.3) is 44.3 Å². The van der Waals surface area contributed by atoms with Crippen LogP contribution in [0.15, 0.2) is 77.7 Å². The summed E-state index contributed by atoms with van der Waals surface area (Å²) in [5, 5.41) is 3.69. The van der Waals surface area contributed by atoms with Crippen molar-refractivity contribution in [3.63, 3.8) is 0 Å². The van der Waals surface area contributed by atoms with E-state index in [9.17, 15) is 0 Å². The summed E-state index contributed by atoms with van der Waals surface area (Å²) < 4.78 is 5.93. The molecule has 0 saturated heterocycles. The Labute approximate surface area is 195 Å². The van der Waals surface area contributed by atoms with E-state index in [4.69, 9.17) is 4.42 Å². The molecule has 2 heterocycles. The highest BCUT2D eigenvalue weighted by Crippen LogP contribution is 2.36. The third-order valence-electron chi connectivity index (χ3n) is 6.24. The van der Waals surface area contributed by atoms with E-state index in [1.165, 1.54) is 27.3 Å². The summed E-state index contributed by atoms with van der Waals surface area (Å²) in [5.41, 5.74) is 7.46. The highest BCUT2D eigenvalue weighted by atomic mass is 16.3. The molecule has 0 aliphatic rings. The zero-order valence-electron chi connectivity index (χ0n) is 20.0. The molecule has 0 unspecified atom stereocenters. The van der Waals surface area contributed by atoms with Crippen LogP contribution in [0.3, 0.4) is 0 Å². The topological polar surface area (TPSA) is 38.9 Å². The molecular formula is C30H30N2O. The SMILES string of the molecule is CC(C)Cc1ccc(-c2cc(-c3cc(C(C)(C)C)c4ccccc4c3)ncn2)c2occc12. The molecule has 3 aromatic carbocycles. The molecule has 0 saturated carbocycles. The van der Waals surface area contributed by atoms with Crippen molar-refractivity contribution in [3.8, 4) is 22.5 Å². The number of rotatable bonds is 4. The van der Waals surface area contributed by atoms with Gasteiger partial charge in [0, 0.05) is 16.5 Å². The van der Waals surface area contributed by atoms with E-state index < -0.39 is 0 Å². The van der Waals surface area contributed by atoms with Gasteiger partial charge in [0.25, 0.3) is 0 Å². The maximum atomic E-state index is 5.93. The number of furan rings is 1. The van der Waals surface area contributed by atoms with Crippen LogP contribution in [0.5, 0.6) is 0 Å². The largest absolute Gasteiger partial charge is 0.464 e. The van der Waals surface area contributed by atoms with Crippen LogP contribution >= 0.6 is 0 Å². The van der Waals surface area contributed by atoms with Crippen LogP contribution in [-0.2, 0) is 11.8 Å². The van der Waals surface area contributed by atoms with E-state index in [2.05, 4.69) is 105 Å². The van der Waals surface area contributed by atoms with E-state index in [0.717, 1.165) is 34.5 Å². The number of aromatic nitrogens is 2. The minimum atomic E-state index is 0.0258. The molecule has 5 aromatic rings. The Morgan fingerprint density at radius 1 is 0.848 bits per heavy atom. The summed E-state index contributed by atoms with van der Waals surface area (Å²) in [6.07, 6.45) is 4.46. The average molecular weight is 435 g/mol. The predicted molar refractivity (Wildman–Crippen MR) is 137 cm³/mol. The fourth-order valence-electron chi connectivity index (χ4n) is 4.68. The zero-order chi connectivity index (χ0) is 23.2. The van der Waals surface area contributed by atoms with E-state index in [1.807, 2.05) is 0 Å². The summed E-state index contributed by atoms with van der Waals surface area (Å²) in [6.45, 7) is 11.3. The van der Waals surface area contributed by atoms with Gasteiger partial charge in [-0.15, -0.1) is 0 Å². The molecule has 3 nitrogen and oxygen atoms in total. The molecule has 0 spiro atoms. The minimum Gasteiger partial charge on any atom is -0.464 e.